The molecule has 0 aliphatic heterocycles. The number of carbonyl (C=O) groups excluding carboxylic acids is 1. The maximum absolute atomic E-state index is 13.5. The molecule has 5 heteroatoms. The molecule has 0 atom stereocenters. The van der Waals surface area contributed by atoms with Gasteiger partial charge in [-0.1, -0.05) is 36.8 Å². The van der Waals surface area contributed by atoms with Crippen molar-refractivity contribution in [1.29, 1.82) is 0 Å². The Morgan fingerprint density at radius 1 is 1.09 bits per heavy atom. The van der Waals surface area contributed by atoms with Gasteiger partial charge in [0.1, 0.15) is 11.6 Å². The molecule has 1 saturated carbocycles. The Morgan fingerprint density at radius 3 is 2.43 bits per heavy atom. The van der Waals surface area contributed by atoms with Crippen molar-refractivity contribution < 1.29 is 13.6 Å². The van der Waals surface area contributed by atoms with Gasteiger partial charge in [-0.3, -0.25) is 0 Å². The molecule has 2 aromatic rings. The number of rotatable bonds is 4. The molecule has 0 saturated heterocycles. The van der Waals surface area contributed by atoms with Crippen molar-refractivity contribution in [2.24, 2.45) is 0 Å². The molecule has 0 unspecified atom stereocenters. The fourth-order valence-electron chi connectivity index (χ4n) is 2.97. The highest BCUT2D eigenvalue weighted by Crippen LogP contribution is 2.43. The predicted octanol–water partition coefficient (Wildman–Crippen LogP) is 4.21. The number of urea groups is 1. The molecule has 0 bridgehead atoms. The standard InChI is InChI=1S/C18H18F2N2O/c19-14-7-8-16(15(20)11-14)22-17(23)21-12-18(9-4-10-18)13-5-2-1-3-6-13/h1-3,5-8,11H,4,9-10,12H2,(H2,21,22,23). The summed E-state index contributed by atoms with van der Waals surface area (Å²) in [5, 5.41) is 5.22. The third-order valence-corrected chi connectivity index (χ3v) is 4.46. The van der Waals surface area contributed by atoms with E-state index in [4.69, 9.17) is 0 Å². The highest BCUT2D eigenvalue weighted by Gasteiger charge is 2.38. The Kier molecular flexibility index (Phi) is 4.28. The number of halogens is 2. The normalized spacial score (nSPS) is 15.6. The average molecular weight is 316 g/mol. The van der Waals surface area contributed by atoms with Crippen LogP contribution in [-0.2, 0) is 5.41 Å². The highest BCUT2D eigenvalue weighted by molar-refractivity contribution is 5.89. The van der Waals surface area contributed by atoms with Crippen molar-refractivity contribution in [2.75, 3.05) is 11.9 Å². The van der Waals surface area contributed by atoms with Crippen LogP contribution in [0, 0.1) is 11.6 Å². The van der Waals surface area contributed by atoms with Crippen LogP contribution in [0.1, 0.15) is 24.8 Å². The second-order valence-electron chi connectivity index (χ2n) is 5.93. The van der Waals surface area contributed by atoms with Gasteiger partial charge in [-0.2, -0.15) is 0 Å². The van der Waals surface area contributed by atoms with Crippen molar-refractivity contribution in [2.45, 2.75) is 24.7 Å². The molecule has 120 valence electrons. The van der Waals surface area contributed by atoms with E-state index in [1.54, 1.807) is 0 Å². The molecule has 0 heterocycles. The van der Waals surface area contributed by atoms with Crippen LogP contribution in [-0.4, -0.2) is 12.6 Å². The Balaban J connectivity index is 1.62. The first kappa shape index (κ1) is 15.5. The molecule has 1 fully saturated rings. The summed E-state index contributed by atoms with van der Waals surface area (Å²) < 4.78 is 26.4. The van der Waals surface area contributed by atoms with Crippen molar-refractivity contribution in [3.05, 3.63) is 65.7 Å². The number of benzene rings is 2. The van der Waals surface area contributed by atoms with Gasteiger partial charge in [-0.15, -0.1) is 0 Å². The van der Waals surface area contributed by atoms with Crippen molar-refractivity contribution in [3.8, 4) is 0 Å². The van der Waals surface area contributed by atoms with Gasteiger partial charge in [-0.05, 0) is 30.5 Å². The summed E-state index contributed by atoms with van der Waals surface area (Å²) in [4.78, 5) is 12.0. The lowest BCUT2D eigenvalue weighted by molar-refractivity contribution is 0.222. The van der Waals surface area contributed by atoms with Gasteiger partial charge in [-0.25, -0.2) is 13.6 Å². The fourth-order valence-corrected chi connectivity index (χ4v) is 2.97. The molecular formula is C18H18F2N2O. The topological polar surface area (TPSA) is 41.1 Å². The number of hydrogen-bond donors (Lipinski definition) is 2. The zero-order valence-electron chi connectivity index (χ0n) is 12.6. The van der Waals surface area contributed by atoms with E-state index in [0.29, 0.717) is 6.54 Å². The lowest BCUT2D eigenvalue weighted by atomic mass is 9.64. The predicted molar refractivity (Wildman–Crippen MR) is 85.4 cm³/mol. The van der Waals surface area contributed by atoms with Crippen LogP contribution < -0.4 is 10.6 Å². The summed E-state index contributed by atoms with van der Waals surface area (Å²) >= 11 is 0. The van der Waals surface area contributed by atoms with Crippen LogP contribution in [0.3, 0.4) is 0 Å². The van der Waals surface area contributed by atoms with E-state index in [9.17, 15) is 13.6 Å². The summed E-state index contributed by atoms with van der Waals surface area (Å²) in [6.45, 7) is 0.492. The van der Waals surface area contributed by atoms with Crippen LogP contribution in [0.25, 0.3) is 0 Å². The van der Waals surface area contributed by atoms with E-state index in [0.717, 1.165) is 31.4 Å². The van der Waals surface area contributed by atoms with Gasteiger partial charge in [0.05, 0.1) is 5.69 Å². The average Bonchev–Trinajstić information content (AvgIpc) is 2.50. The maximum atomic E-state index is 13.5. The van der Waals surface area contributed by atoms with Crippen LogP contribution in [0.2, 0.25) is 0 Å². The van der Waals surface area contributed by atoms with Crippen LogP contribution in [0.5, 0.6) is 0 Å². The molecule has 1 aliphatic rings. The molecule has 3 rings (SSSR count). The van der Waals surface area contributed by atoms with E-state index in [-0.39, 0.29) is 11.1 Å². The van der Waals surface area contributed by atoms with E-state index < -0.39 is 17.7 Å². The smallest absolute Gasteiger partial charge is 0.319 e. The largest absolute Gasteiger partial charge is 0.337 e. The van der Waals surface area contributed by atoms with Gasteiger partial charge in [0.2, 0.25) is 0 Å². The van der Waals surface area contributed by atoms with Crippen LogP contribution in [0.4, 0.5) is 19.3 Å². The van der Waals surface area contributed by atoms with E-state index in [2.05, 4.69) is 22.8 Å². The van der Waals surface area contributed by atoms with Crippen LogP contribution >= 0.6 is 0 Å². The third kappa shape index (κ3) is 3.33. The monoisotopic (exact) mass is 316 g/mol. The first-order chi connectivity index (χ1) is 11.1. The minimum absolute atomic E-state index is 0.0359. The second-order valence-corrected chi connectivity index (χ2v) is 5.93. The SMILES string of the molecule is O=C(NCC1(c2ccccc2)CCC1)Nc1ccc(F)cc1F. The van der Waals surface area contributed by atoms with Crippen molar-refractivity contribution in [1.82, 2.24) is 5.32 Å². The fraction of sp³-hybridized carbons (Fsp3) is 0.278. The molecule has 0 spiro atoms. The zero-order chi connectivity index (χ0) is 16.3. The molecule has 0 radical (unpaired) electrons. The van der Waals surface area contributed by atoms with Gasteiger partial charge >= 0.3 is 6.03 Å². The summed E-state index contributed by atoms with van der Waals surface area (Å²) in [6, 6.07) is 12.7. The van der Waals surface area contributed by atoms with E-state index >= 15 is 0 Å². The first-order valence-corrected chi connectivity index (χ1v) is 7.65. The molecule has 0 aromatic heterocycles. The summed E-state index contributed by atoms with van der Waals surface area (Å²) in [5.41, 5.74) is 1.13. The van der Waals surface area contributed by atoms with Gasteiger partial charge in [0.25, 0.3) is 0 Å². The molecule has 2 aromatic carbocycles. The Morgan fingerprint density at radius 2 is 1.83 bits per heavy atom. The van der Waals surface area contributed by atoms with E-state index in [1.807, 2.05) is 18.2 Å². The quantitative estimate of drug-likeness (QED) is 0.871. The van der Waals surface area contributed by atoms with E-state index in [1.165, 1.54) is 11.6 Å². The number of hydrogen-bond acceptors (Lipinski definition) is 1. The zero-order valence-corrected chi connectivity index (χ0v) is 12.6. The number of carbonyl (C=O) groups is 1. The number of anilines is 1. The number of amides is 2. The minimum atomic E-state index is -0.790. The van der Waals surface area contributed by atoms with Crippen LogP contribution in [0.15, 0.2) is 48.5 Å². The Labute approximate surface area is 133 Å². The Bertz CT molecular complexity index is 699. The van der Waals surface area contributed by atoms with Gasteiger partial charge in [0.15, 0.2) is 0 Å². The molecule has 3 nitrogen and oxygen atoms in total. The molecular weight excluding hydrogens is 298 g/mol. The lowest BCUT2D eigenvalue weighted by Crippen LogP contribution is -2.46. The first-order valence-electron chi connectivity index (χ1n) is 7.65. The third-order valence-electron chi connectivity index (χ3n) is 4.46. The molecule has 1 aliphatic carbocycles. The van der Waals surface area contributed by atoms with Gasteiger partial charge < -0.3 is 10.6 Å². The van der Waals surface area contributed by atoms with Crippen molar-refractivity contribution >= 4 is 11.7 Å². The summed E-state index contributed by atoms with van der Waals surface area (Å²) in [6.07, 6.45) is 3.16. The molecule has 23 heavy (non-hydrogen) atoms. The minimum Gasteiger partial charge on any atom is -0.337 e. The maximum Gasteiger partial charge on any atom is 0.319 e. The molecule has 2 amide bonds. The number of nitrogens with one attached hydrogen (secondary N) is 2. The Hall–Kier alpha value is -2.43. The second kappa shape index (κ2) is 6.36. The lowest BCUT2D eigenvalue weighted by Gasteiger charge is -2.42. The highest BCUT2D eigenvalue weighted by atomic mass is 19.1. The van der Waals surface area contributed by atoms with Gasteiger partial charge in [0, 0.05) is 18.0 Å². The summed E-state index contributed by atoms with van der Waals surface area (Å²) in [5.74, 6) is -1.47. The summed E-state index contributed by atoms with van der Waals surface area (Å²) in [7, 11) is 0. The van der Waals surface area contributed by atoms with Crippen molar-refractivity contribution in [3.63, 3.8) is 0 Å². The molecule has 2 N–H and O–H groups in total.